The van der Waals surface area contributed by atoms with Crippen molar-refractivity contribution in [2.75, 3.05) is 0 Å². The number of nitrogens with one attached hydrogen (secondary N) is 2. The molecule has 1 atom stereocenters. The highest BCUT2D eigenvalue weighted by Gasteiger charge is 2.18. The second-order valence-electron chi connectivity index (χ2n) is 5.95. The first kappa shape index (κ1) is 16.6. The van der Waals surface area contributed by atoms with Crippen molar-refractivity contribution in [2.24, 2.45) is 0 Å². The largest absolute Gasteiger partial charge is 0.342 e. The number of carbonyl (C=O) groups is 2. The molecule has 0 aliphatic heterocycles. The summed E-state index contributed by atoms with van der Waals surface area (Å²) < 4.78 is 0. The molecule has 3 rings (SSSR count). The summed E-state index contributed by atoms with van der Waals surface area (Å²) in [5.74, 6) is -0.450. The SMILES string of the molecule is CC(=O)C(Cc1ccccc1)NC(=O)c1ccc2ccc(=O)[nH]c2c1. The topological polar surface area (TPSA) is 79.0 Å². The Morgan fingerprint density at radius 2 is 1.76 bits per heavy atom. The summed E-state index contributed by atoms with van der Waals surface area (Å²) in [5, 5.41) is 3.62. The number of aromatic amines is 1. The van der Waals surface area contributed by atoms with Gasteiger partial charge in [-0.05, 0) is 42.5 Å². The highest BCUT2D eigenvalue weighted by atomic mass is 16.2. The van der Waals surface area contributed by atoms with Crippen molar-refractivity contribution in [3.63, 3.8) is 0 Å². The van der Waals surface area contributed by atoms with E-state index >= 15 is 0 Å². The summed E-state index contributed by atoms with van der Waals surface area (Å²) in [4.78, 5) is 38.6. The molecule has 1 aromatic heterocycles. The third-order valence-corrected chi connectivity index (χ3v) is 4.07. The molecule has 5 heteroatoms. The van der Waals surface area contributed by atoms with E-state index in [9.17, 15) is 14.4 Å². The van der Waals surface area contributed by atoms with Gasteiger partial charge in [-0.3, -0.25) is 14.4 Å². The van der Waals surface area contributed by atoms with Crippen molar-refractivity contribution >= 4 is 22.6 Å². The monoisotopic (exact) mass is 334 g/mol. The minimum atomic E-state index is -0.597. The number of fused-ring (bicyclic) bond motifs is 1. The van der Waals surface area contributed by atoms with E-state index in [0.29, 0.717) is 17.5 Å². The van der Waals surface area contributed by atoms with Crippen LogP contribution in [0.5, 0.6) is 0 Å². The number of Topliss-reactive ketones (excluding diaryl/α,β-unsaturated/α-hetero) is 1. The molecule has 0 saturated heterocycles. The predicted octanol–water partition coefficient (Wildman–Crippen LogP) is 2.46. The Kier molecular flexibility index (Phi) is 4.75. The van der Waals surface area contributed by atoms with E-state index in [-0.39, 0.29) is 17.2 Å². The second-order valence-corrected chi connectivity index (χ2v) is 5.95. The maximum Gasteiger partial charge on any atom is 0.251 e. The van der Waals surface area contributed by atoms with Gasteiger partial charge in [0.2, 0.25) is 5.56 Å². The number of hydrogen-bond donors (Lipinski definition) is 2. The normalized spacial score (nSPS) is 11.9. The standard InChI is InChI=1S/C20H18N2O3/c1-13(23)17(11-14-5-3-2-4-6-14)22-20(25)16-8-7-15-9-10-19(24)21-18(15)12-16/h2-10,12,17H,11H2,1H3,(H,21,24)(H,22,25). The lowest BCUT2D eigenvalue weighted by atomic mass is 10.0. The van der Waals surface area contributed by atoms with Crippen molar-refractivity contribution in [1.29, 1.82) is 0 Å². The van der Waals surface area contributed by atoms with Gasteiger partial charge in [0.1, 0.15) is 0 Å². The molecule has 0 aliphatic carbocycles. The first-order valence-corrected chi connectivity index (χ1v) is 8.01. The van der Waals surface area contributed by atoms with E-state index < -0.39 is 6.04 Å². The molecule has 0 fully saturated rings. The molecule has 0 spiro atoms. The predicted molar refractivity (Wildman–Crippen MR) is 96.6 cm³/mol. The lowest BCUT2D eigenvalue weighted by Gasteiger charge is -2.16. The fourth-order valence-corrected chi connectivity index (χ4v) is 2.68. The third kappa shape index (κ3) is 4.01. The van der Waals surface area contributed by atoms with Gasteiger partial charge in [0.15, 0.2) is 5.78 Å². The summed E-state index contributed by atoms with van der Waals surface area (Å²) >= 11 is 0. The van der Waals surface area contributed by atoms with Gasteiger partial charge >= 0.3 is 0 Å². The van der Waals surface area contributed by atoms with E-state index in [1.807, 2.05) is 30.3 Å². The van der Waals surface area contributed by atoms with Gasteiger partial charge in [0, 0.05) is 17.1 Å². The Morgan fingerprint density at radius 1 is 1.04 bits per heavy atom. The number of amides is 1. The molecule has 1 heterocycles. The van der Waals surface area contributed by atoms with Gasteiger partial charge in [-0.15, -0.1) is 0 Å². The molecular weight excluding hydrogens is 316 g/mol. The molecule has 0 radical (unpaired) electrons. The first-order chi connectivity index (χ1) is 12.0. The van der Waals surface area contributed by atoms with Crippen molar-refractivity contribution < 1.29 is 9.59 Å². The fourth-order valence-electron chi connectivity index (χ4n) is 2.68. The van der Waals surface area contributed by atoms with E-state index in [2.05, 4.69) is 10.3 Å². The number of hydrogen-bond acceptors (Lipinski definition) is 3. The molecule has 126 valence electrons. The molecule has 0 bridgehead atoms. The number of aromatic nitrogens is 1. The highest BCUT2D eigenvalue weighted by molar-refractivity contribution is 6.00. The highest BCUT2D eigenvalue weighted by Crippen LogP contribution is 2.13. The molecule has 0 aliphatic rings. The second kappa shape index (κ2) is 7.13. The smallest absolute Gasteiger partial charge is 0.251 e. The summed E-state index contributed by atoms with van der Waals surface area (Å²) in [6.07, 6.45) is 0.437. The molecule has 1 unspecified atom stereocenters. The molecule has 5 nitrogen and oxygen atoms in total. The summed E-state index contributed by atoms with van der Waals surface area (Å²) in [5.41, 5.74) is 1.73. The molecule has 2 aromatic carbocycles. The van der Waals surface area contributed by atoms with Crippen LogP contribution in [0.25, 0.3) is 10.9 Å². The van der Waals surface area contributed by atoms with Gasteiger partial charge in [0.05, 0.1) is 6.04 Å². The van der Waals surface area contributed by atoms with Crippen LogP contribution < -0.4 is 10.9 Å². The third-order valence-electron chi connectivity index (χ3n) is 4.07. The summed E-state index contributed by atoms with van der Waals surface area (Å²) in [6, 6.07) is 17.1. The number of rotatable bonds is 5. The maximum absolute atomic E-state index is 12.5. The zero-order valence-electron chi connectivity index (χ0n) is 13.8. The van der Waals surface area contributed by atoms with E-state index in [0.717, 1.165) is 10.9 Å². The molecule has 1 amide bonds. The Hall–Kier alpha value is -3.21. The van der Waals surface area contributed by atoms with Gasteiger partial charge < -0.3 is 10.3 Å². The van der Waals surface area contributed by atoms with Gasteiger partial charge in [-0.25, -0.2) is 0 Å². The number of benzene rings is 2. The lowest BCUT2D eigenvalue weighted by Crippen LogP contribution is -2.41. The first-order valence-electron chi connectivity index (χ1n) is 8.01. The minimum Gasteiger partial charge on any atom is -0.342 e. The van der Waals surface area contributed by atoms with E-state index in [1.54, 1.807) is 24.3 Å². The average Bonchev–Trinajstić information content (AvgIpc) is 2.61. The van der Waals surface area contributed by atoms with Crippen LogP contribution in [0.2, 0.25) is 0 Å². The summed E-state index contributed by atoms with van der Waals surface area (Å²) in [6.45, 7) is 1.46. The number of carbonyl (C=O) groups excluding carboxylic acids is 2. The van der Waals surface area contributed by atoms with Crippen LogP contribution in [0.4, 0.5) is 0 Å². The summed E-state index contributed by atoms with van der Waals surface area (Å²) in [7, 11) is 0. The molecular formula is C20H18N2O3. The fraction of sp³-hybridized carbons (Fsp3) is 0.150. The Balaban J connectivity index is 1.81. The Morgan fingerprint density at radius 3 is 2.48 bits per heavy atom. The average molecular weight is 334 g/mol. The van der Waals surface area contributed by atoms with Crippen LogP contribution in [0, 0.1) is 0 Å². The molecule has 0 saturated carbocycles. The number of ketones is 1. The van der Waals surface area contributed by atoms with Crippen LogP contribution in [-0.4, -0.2) is 22.7 Å². The van der Waals surface area contributed by atoms with Gasteiger partial charge in [-0.2, -0.15) is 0 Å². The van der Waals surface area contributed by atoms with E-state index in [1.165, 1.54) is 13.0 Å². The van der Waals surface area contributed by atoms with Crippen LogP contribution in [-0.2, 0) is 11.2 Å². The lowest BCUT2D eigenvalue weighted by molar-refractivity contribution is -0.118. The van der Waals surface area contributed by atoms with Crippen LogP contribution >= 0.6 is 0 Å². The minimum absolute atomic E-state index is 0.105. The molecule has 2 N–H and O–H groups in total. The molecule has 25 heavy (non-hydrogen) atoms. The van der Waals surface area contributed by atoms with Crippen molar-refractivity contribution in [1.82, 2.24) is 10.3 Å². The number of pyridine rings is 1. The quantitative estimate of drug-likeness (QED) is 0.752. The zero-order valence-corrected chi connectivity index (χ0v) is 13.8. The van der Waals surface area contributed by atoms with Crippen molar-refractivity contribution in [3.05, 3.63) is 82.1 Å². The zero-order chi connectivity index (χ0) is 17.8. The number of H-pyrrole nitrogens is 1. The van der Waals surface area contributed by atoms with Crippen LogP contribution in [0.1, 0.15) is 22.8 Å². The van der Waals surface area contributed by atoms with Gasteiger partial charge in [-0.1, -0.05) is 36.4 Å². The van der Waals surface area contributed by atoms with E-state index in [4.69, 9.17) is 0 Å². The van der Waals surface area contributed by atoms with Crippen LogP contribution in [0.15, 0.2) is 65.5 Å². The van der Waals surface area contributed by atoms with Gasteiger partial charge in [0.25, 0.3) is 5.91 Å². The van der Waals surface area contributed by atoms with Crippen molar-refractivity contribution in [2.45, 2.75) is 19.4 Å². The Labute approximate surface area is 144 Å². The van der Waals surface area contributed by atoms with Crippen molar-refractivity contribution in [3.8, 4) is 0 Å². The Bertz CT molecular complexity index is 977. The maximum atomic E-state index is 12.5. The van der Waals surface area contributed by atoms with Crippen LogP contribution in [0.3, 0.4) is 0 Å². The molecule has 3 aromatic rings.